The Balaban J connectivity index is 1.42. The number of likely N-dealkylation sites (tertiary alicyclic amines) is 1. The van der Waals surface area contributed by atoms with Crippen LogP contribution in [-0.2, 0) is 26.0 Å². The summed E-state index contributed by atoms with van der Waals surface area (Å²) in [4.78, 5) is 19.8. The van der Waals surface area contributed by atoms with Gasteiger partial charge in [-0.25, -0.2) is 12.7 Å². The number of esters is 1. The fourth-order valence-electron chi connectivity index (χ4n) is 5.29. The molecule has 3 aliphatic rings. The van der Waals surface area contributed by atoms with Crippen LogP contribution in [-0.4, -0.2) is 72.7 Å². The molecule has 0 atom stereocenters. The lowest BCUT2D eigenvalue weighted by Gasteiger charge is -2.43. The van der Waals surface area contributed by atoms with Crippen LogP contribution in [0.25, 0.3) is 0 Å². The summed E-state index contributed by atoms with van der Waals surface area (Å²) in [6, 6.07) is 4.83. The highest BCUT2D eigenvalue weighted by atomic mass is 32.2. The van der Waals surface area contributed by atoms with Gasteiger partial charge in [0.05, 0.1) is 7.11 Å². The Morgan fingerprint density at radius 3 is 2.34 bits per heavy atom. The van der Waals surface area contributed by atoms with Crippen molar-refractivity contribution in [1.29, 1.82) is 0 Å². The van der Waals surface area contributed by atoms with Crippen LogP contribution in [0.2, 0.25) is 0 Å². The van der Waals surface area contributed by atoms with Crippen LogP contribution in [0, 0.1) is 0 Å². The summed E-state index contributed by atoms with van der Waals surface area (Å²) in [6.45, 7) is 4.33. The van der Waals surface area contributed by atoms with Crippen LogP contribution in [0.1, 0.15) is 75.5 Å². The number of pyridine rings is 1. The standard InChI is InChI=1S/C24H37N3O4S/c1-3-4-5-19-6-9-22(25-18-19)20-10-14-27(15-11-20)32(29,30)24(23(28)31-2)12-16-26(17-13-24)21-7-8-21/h6,9,18,20-21H,3-5,7-8,10-17H2,1-2H3. The van der Waals surface area contributed by atoms with Crippen molar-refractivity contribution in [1.82, 2.24) is 14.2 Å². The molecule has 8 heteroatoms. The quantitative estimate of drug-likeness (QED) is 0.551. The normalized spacial score (nSPS) is 23.2. The van der Waals surface area contributed by atoms with E-state index < -0.39 is 20.7 Å². The van der Waals surface area contributed by atoms with E-state index in [0.717, 1.165) is 31.4 Å². The van der Waals surface area contributed by atoms with Gasteiger partial charge in [-0.1, -0.05) is 19.4 Å². The fourth-order valence-corrected chi connectivity index (χ4v) is 7.47. The summed E-state index contributed by atoms with van der Waals surface area (Å²) in [7, 11) is -2.50. The van der Waals surface area contributed by atoms with E-state index in [0.29, 0.717) is 45.1 Å². The van der Waals surface area contributed by atoms with Crippen LogP contribution in [0.15, 0.2) is 18.3 Å². The minimum atomic E-state index is -3.80. The molecule has 32 heavy (non-hydrogen) atoms. The number of nitrogens with zero attached hydrogens (tertiary/aromatic N) is 3. The summed E-state index contributed by atoms with van der Waals surface area (Å²) in [5.74, 6) is -0.341. The second-order valence-electron chi connectivity index (χ2n) is 9.63. The van der Waals surface area contributed by atoms with E-state index in [-0.39, 0.29) is 5.92 Å². The highest BCUT2D eigenvalue weighted by Crippen LogP contribution is 2.40. The number of sulfonamides is 1. The predicted octanol–water partition coefficient (Wildman–Crippen LogP) is 3.10. The Morgan fingerprint density at radius 2 is 1.81 bits per heavy atom. The first kappa shape index (κ1) is 23.6. The zero-order valence-electron chi connectivity index (χ0n) is 19.5. The number of carbonyl (C=O) groups excluding carboxylic acids is 1. The molecule has 3 fully saturated rings. The van der Waals surface area contributed by atoms with Crippen molar-refractivity contribution in [2.75, 3.05) is 33.3 Å². The molecule has 0 radical (unpaired) electrons. The van der Waals surface area contributed by atoms with Gasteiger partial charge in [0, 0.05) is 50.0 Å². The molecule has 0 aromatic carbocycles. The zero-order valence-corrected chi connectivity index (χ0v) is 20.3. The van der Waals surface area contributed by atoms with E-state index in [1.54, 1.807) is 4.31 Å². The van der Waals surface area contributed by atoms with Crippen molar-refractivity contribution in [2.24, 2.45) is 0 Å². The molecule has 3 heterocycles. The number of ether oxygens (including phenoxy) is 1. The van der Waals surface area contributed by atoms with Gasteiger partial charge in [-0.2, -0.15) is 0 Å². The van der Waals surface area contributed by atoms with E-state index in [1.807, 2.05) is 6.20 Å². The number of rotatable bonds is 8. The molecular formula is C24H37N3O4S. The number of hydrogen-bond acceptors (Lipinski definition) is 6. The molecule has 2 saturated heterocycles. The number of hydrogen-bond donors (Lipinski definition) is 0. The van der Waals surface area contributed by atoms with Crippen molar-refractivity contribution in [3.63, 3.8) is 0 Å². The zero-order chi connectivity index (χ0) is 22.8. The van der Waals surface area contributed by atoms with Crippen LogP contribution < -0.4 is 0 Å². The van der Waals surface area contributed by atoms with Crippen molar-refractivity contribution < 1.29 is 17.9 Å². The molecule has 0 N–H and O–H groups in total. The van der Waals surface area contributed by atoms with Gasteiger partial charge in [0.1, 0.15) is 0 Å². The topological polar surface area (TPSA) is 79.8 Å². The number of methoxy groups -OCH3 is 1. The molecule has 1 saturated carbocycles. The Labute approximate surface area is 192 Å². The molecule has 1 aromatic rings. The van der Waals surface area contributed by atoms with Crippen LogP contribution in [0.3, 0.4) is 0 Å². The Hall–Kier alpha value is -1.51. The highest BCUT2D eigenvalue weighted by Gasteiger charge is 2.56. The van der Waals surface area contributed by atoms with Gasteiger partial charge < -0.3 is 9.64 Å². The Kier molecular flexibility index (Phi) is 7.22. The van der Waals surface area contributed by atoms with Crippen molar-refractivity contribution in [3.05, 3.63) is 29.6 Å². The average molecular weight is 464 g/mol. The third-order valence-corrected chi connectivity index (χ3v) is 10.2. The first-order chi connectivity index (χ1) is 15.4. The minimum Gasteiger partial charge on any atom is -0.468 e. The van der Waals surface area contributed by atoms with E-state index in [1.165, 1.54) is 31.9 Å². The van der Waals surface area contributed by atoms with Crippen LogP contribution in [0.5, 0.6) is 0 Å². The Bertz CT molecular complexity index is 882. The van der Waals surface area contributed by atoms with E-state index >= 15 is 0 Å². The maximum atomic E-state index is 13.7. The number of aromatic nitrogens is 1. The molecule has 0 bridgehead atoms. The first-order valence-electron chi connectivity index (χ1n) is 12.2. The van der Waals surface area contributed by atoms with E-state index in [9.17, 15) is 13.2 Å². The van der Waals surface area contributed by atoms with Gasteiger partial charge >= 0.3 is 5.97 Å². The lowest BCUT2D eigenvalue weighted by atomic mass is 9.93. The van der Waals surface area contributed by atoms with Crippen LogP contribution >= 0.6 is 0 Å². The van der Waals surface area contributed by atoms with Gasteiger partial charge in [-0.05, 0) is 63.0 Å². The first-order valence-corrected chi connectivity index (χ1v) is 13.6. The summed E-state index contributed by atoms with van der Waals surface area (Å²) < 4.78 is 32.6. The third-order valence-electron chi connectivity index (χ3n) is 7.60. The van der Waals surface area contributed by atoms with Gasteiger partial charge in [0.25, 0.3) is 0 Å². The summed E-state index contributed by atoms with van der Waals surface area (Å²) in [6.07, 6.45) is 9.80. The molecule has 1 aliphatic carbocycles. The lowest BCUT2D eigenvalue weighted by molar-refractivity contribution is -0.145. The predicted molar refractivity (Wildman–Crippen MR) is 124 cm³/mol. The fraction of sp³-hybridized carbons (Fsp3) is 0.750. The van der Waals surface area contributed by atoms with Crippen molar-refractivity contribution in [2.45, 2.75) is 81.4 Å². The van der Waals surface area contributed by atoms with E-state index in [2.05, 4.69) is 28.9 Å². The van der Waals surface area contributed by atoms with Crippen molar-refractivity contribution in [3.8, 4) is 0 Å². The maximum Gasteiger partial charge on any atom is 0.328 e. The van der Waals surface area contributed by atoms with Gasteiger partial charge in [-0.3, -0.25) is 9.78 Å². The second kappa shape index (κ2) is 9.77. The minimum absolute atomic E-state index is 0.257. The number of carbonyl (C=O) groups is 1. The van der Waals surface area contributed by atoms with Crippen LogP contribution in [0.4, 0.5) is 0 Å². The monoisotopic (exact) mass is 463 g/mol. The highest BCUT2D eigenvalue weighted by molar-refractivity contribution is 7.91. The summed E-state index contributed by atoms with van der Waals surface area (Å²) in [5, 5.41) is 0. The van der Waals surface area contributed by atoms with Gasteiger partial charge in [0.15, 0.2) is 4.75 Å². The van der Waals surface area contributed by atoms with E-state index in [4.69, 9.17) is 4.74 Å². The Morgan fingerprint density at radius 1 is 1.12 bits per heavy atom. The molecule has 178 valence electrons. The van der Waals surface area contributed by atoms with Gasteiger partial charge in [0.2, 0.25) is 10.0 Å². The number of piperidine rings is 2. The lowest BCUT2D eigenvalue weighted by Crippen LogP contribution is -2.60. The van der Waals surface area contributed by atoms with Gasteiger partial charge in [-0.15, -0.1) is 0 Å². The summed E-state index contributed by atoms with van der Waals surface area (Å²) in [5.41, 5.74) is 2.30. The molecule has 7 nitrogen and oxygen atoms in total. The number of aryl methyl sites for hydroxylation is 1. The summed E-state index contributed by atoms with van der Waals surface area (Å²) >= 11 is 0. The average Bonchev–Trinajstić information content (AvgIpc) is 3.68. The SMILES string of the molecule is CCCCc1ccc(C2CCN(S(=O)(=O)C3(C(=O)OC)CCN(C4CC4)CC3)CC2)nc1. The molecular weight excluding hydrogens is 426 g/mol. The maximum absolute atomic E-state index is 13.7. The largest absolute Gasteiger partial charge is 0.468 e. The third kappa shape index (κ3) is 4.59. The smallest absolute Gasteiger partial charge is 0.328 e. The molecule has 0 spiro atoms. The number of unbranched alkanes of at least 4 members (excludes halogenated alkanes) is 1. The molecule has 1 aromatic heterocycles. The molecule has 4 rings (SSSR count). The molecule has 0 amide bonds. The molecule has 0 unspecified atom stereocenters. The van der Waals surface area contributed by atoms with Crippen molar-refractivity contribution >= 4 is 16.0 Å². The molecule has 2 aliphatic heterocycles. The second-order valence-corrected chi connectivity index (χ2v) is 11.9.